The predicted octanol–water partition coefficient (Wildman–Crippen LogP) is 13.3. The maximum absolute atomic E-state index is 6.22. The first kappa shape index (κ1) is 27.3. The summed E-state index contributed by atoms with van der Waals surface area (Å²) in [6, 6.07) is 60.9. The van der Waals surface area contributed by atoms with Gasteiger partial charge in [0.25, 0.3) is 0 Å². The van der Waals surface area contributed by atoms with Crippen molar-refractivity contribution in [3.63, 3.8) is 0 Å². The summed E-state index contributed by atoms with van der Waals surface area (Å²) in [5.41, 5.74) is 9.59. The molecule has 0 spiro atoms. The van der Waals surface area contributed by atoms with Gasteiger partial charge < -0.3 is 9.32 Å². The van der Waals surface area contributed by atoms with Gasteiger partial charge in [-0.3, -0.25) is 0 Å². The number of benzene rings is 9. The van der Waals surface area contributed by atoms with Crippen molar-refractivity contribution >= 4 is 93.1 Å². The SMILES string of the molecule is c1ccc(N(c2ccc3oc4ccccc4c3c2)c2ccc3ccc4ccc(-c5c6ccccc6nc6ccccc56)c5ccc2c3c45)cc1. The number of nitrogens with zero attached hydrogens (tertiary/aromatic N) is 2. The second kappa shape index (κ2) is 10.4. The molecule has 0 N–H and O–H groups in total. The molecule has 11 aromatic rings. The Morgan fingerprint density at radius 1 is 0.400 bits per heavy atom. The molecule has 0 aliphatic carbocycles. The molecule has 50 heavy (non-hydrogen) atoms. The predicted molar refractivity (Wildman–Crippen MR) is 210 cm³/mol. The second-order valence-corrected chi connectivity index (χ2v) is 13.1. The first-order chi connectivity index (χ1) is 24.8. The summed E-state index contributed by atoms with van der Waals surface area (Å²) in [6.07, 6.45) is 0. The van der Waals surface area contributed by atoms with Gasteiger partial charge in [-0.25, -0.2) is 4.98 Å². The lowest BCUT2D eigenvalue weighted by Gasteiger charge is -2.28. The van der Waals surface area contributed by atoms with Crippen LogP contribution in [0.25, 0.3) is 87.2 Å². The standard InChI is InChI=1S/C47H28N2O/c1-2-10-31(11-3-1)49(32-22-27-44-39(28-32)33-12-6-9-17-43(33)50-44)42-26-21-30-19-18-29-20-23-35(34-24-25-38(42)46(30)45(29)34)47-36-13-4-7-15-40(36)48-41-16-8-5-14-37(41)47/h1-28H. The maximum atomic E-state index is 6.22. The number of aromatic nitrogens is 1. The number of rotatable bonds is 4. The van der Waals surface area contributed by atoms with Crippen LogP contribution in [0.2, 0.25) is 0 Å². The Kier molecular flexibility index (Phi) is 5.67. The smallest absolute Gasteiger partial charge is 0.135 e. The highest BCUT2D eigenvalue weighted by atomic mass is 16.3. The van der Waals surface area contributed by atoms with Gasteiger partial charge in [-0.2, -0.15) is 0 Å². The van der Waals surface area contributed by atoms with Crippen LogP contribution >= 0.6 is 0 Å². The Morgan fingerprint density at radius 3 is 1.78 bits per heavy atom. The highest BCUT2D eigenvalue weighted by molar-refractivity contribution is 6.29. The molecule has 9 aromatic carbocycles. The third kappa shape index (κ3) is 3.89. The summed E-state index contributed by atoms with van der Waals surface area (Å²) in [6.45, 7) is 0. The van der Waals surface area contributed by atoms with E-state index in [1.807, 2.05) is 12.1 Å². The van der Waals surface area contributed by atoms with Crippen molar-refractivity contribution in [1.29, 1.82) is 0 Å². The van der Waals surface area contributed by atoms with Crippen molar-refractivity contribution in [2.75, 3.05) is 4.90 Å². The third-order valence-corrected chi connectivity index (χ3v) is 10.4. The van der Waals surface area contributed by atoms with Crippen LogP contribution in [-0.4, -0.2) is 4.98 Å². The fraction of sp³-hybridized carbons (Fsp3) is 0. The molecule has 0 radical (unpaired) electrons. The van der Waals surface area contributed by atoms with Gasteiger partial charge in [-0.15, -0.1) is 0 Å². The second-order valence-electron chi connectivity index (χ2n) is 13.1. The van der Waals surface area contributed by atoms with E-state index in [1.54, 1.807) is 0 Å². The molecule has 0 aliphatic heterocycles. The normalized spacial score (nSPS) is 12.0. The molecule has 0 bridgehead atoms. The van der Waals surface area contributed by atoms with E-state index in [0.29, 0.717) is 0 Å². The van der Waals surface area contributed by atoms with Crippen LogP contribution in [0.15, 0.2) is 174 Å². The lowest BCUT2D eigenvalue weighted by Crippen LogP contribution is -2.10. The van der Waals surface area contributed by atoms with Crippen molar-refractivity contribution in [2.45, 2.75) is 0 Å². The van der Waals surface area contributed by atoms with E-state index < -0.39 is 0 Å². The van der Waals surface area contributed by atoms with E-state index in [-0.39, 0.29) is 0 Å². The maximum Gasteiger partial charge on any atom is 0.135 e. The molecule has 0 fully saturated rings. The molecule has 3 nitrogen and oxygen atoms in total. The topological polar surface area (TPSA) is 29.3 Å². The molecule has 11 rings (SSSR count). The molecule has 0 unspecified atom stereocenters. The first-order valence-corrected chi connectivity index (χ1v) is 17.0. The Balaban J connectivity index is 1.21. The van der Waals surface area contributed by atoms with Crippen LogP contribution in [0.5, 0.6) is 0 Å². The molecule has 0 aliphatic rings. The molecule has 0 atom stereocenters. The minimum Gasteiger partial charge on any atom is -0.456 e. The Labute approximate surface area is 287 Å². The molecule has 232 valence electrons. The molecule has 0 saturated heterocycles. The number of hydrogen-bond acceptors (Lipinski definition) is 3. The summed E-state index contributed by atoms with van der Waals surface area (Å²) in [7, 11) is 0. The highest BCUT2D eigenvalue weighted by Gasteiger charge is 2.21. The molecule has 2 heterocycles. The Morgan fingerprint density at radius 2 is 1.00 bits per heavy atom. The quantitative estimate of drug-likeness (QED) is 0.142. The number of anilines is 3. The summed E-state index contributed by atoms with van der Waals surface area (Å²) < 4.78 is 6.22. The highest BCUT2D eigenvalue weighted by Crippen LogP contribution is 2.47. The molecule has 0 saturated carbocycles. The number of para-hydroxylation sites is 4. The number of fused-ring (bicyclic) bond motifs is 5. The van der Waals surface area contributed by atoms with E-state index in [2.05, 4.69) is 163 Å². The average molecular weight is 637 g/mol. The van der Waals surface area contributed by atoms with Gasteiger partial charge in [0, 0.05) is 43.9 Å². The van der Waals surface area contributed by atoms with Gasteiger partial charge in [0.15, 0.2) is 0 Å². The summed E-state index contributed by atoms with van der Waals surface area (Å²) in [4.78, 5) is 7.42. The van der Waals surface area contributed by atoms with Gasteiger partial charge in [-0.1, -0.05) is 115 Å². The minimum absolute atomic E-state index is 0.891. The van der Waals surface area contributed by atoms with Gasteiger partial charge in [0.2, 0.25) is 0 Å². The van der Waals surface area contributed by atoms with Crippen LogP contribution in [-0.2, 0) is 0 Å². The van der Waals surface area contributed by atoms with E-state index in [1.165, 1.54) is 54.2 Å². The molecule has 0 amide bonds. The minimum atomic E-state index is 0.891. The van der Waals surface area contributed by atoms with Gasteiger partial charge in [-0.05, 0) is 87.1 Å². The number of pyridine rings is 1. The lowest BCUT2D eigenvalue weighted by molar-refractivity contribution is 0.669. The molecular formula is C47H28N2O. The van der Waals surface area contributed by atoms with E-state index >= 15 is 0 Å². The van der Waals surface area contributed by atoms with Crippen LogP contribution in [0, 0.1) is 0 Å². The van der Waals surface area contributed by atoms with Crippen molar-refractivity contribution < 1.29 is 4.42 Å². The zero-order chi connectivity index (χ0) is 32.8. The largest absolute Gasteiger partial charge is 0.456 e. The van der Waals surface area contributed by atoms with Crippen molar-refractivity contribution in [2.24, 2.45) is 0 Å². The Hall–Kier alpha value is -6.71. The van der Waals surface area contributed by atoms with Crippen LogP contribution < -0.4 is 4.90 Å². The zero-order valence-corrected chi connectivity index (χ0v) is 27.0. The average Bonchev–Trinajstić information content (AvgIpc) is 3.55. The van der Waals surface area contributed by atoms with Gasteiger partial charge in [0.05, 0.1) is 16.7 Å². The number of hydrogen-bond donors (Lipinski definition) is 0. The van der Waals surface area contributed by atoms with Crippen LogP contribution in [0.4, 0.5) is 17.1 Å². The fourth-order valence-corrected chi connectivity index (χ4v) is 8.19. The zero-order valence-electron chi connectivity index (χ0n) is 27.0. The first-order valence-electron chi connectivity index (χ1n) is 17.0. The van der Waals surface area contributed by atoms with Crippen molar-refractivity contribution in [1.82, 2.24) is 4.98 Å². The van der Waals surface area contributed by atoms with Gasteiger partial charge in [0.1, 0.15) is 11.2 Å². The molecule has 2 aromatic heterocycles. The summed E-state index contributed by atoms with van der Waals surface area (Å²) in [5, 5.41) is 12.0. The van der Waals surface area contributed by atoms with Crippen LogP contribution in [0.1, 0.15) is 0 Å². The van der Waals surface area contributed by atoms with Crippen molar-refractivity contribution in [3.05, 3.63) is 170 Å². The summed E-state index contributed by atoms with van der Waals surface area (Å²) >= 11 is 0. The van der Waals surface area contributed by atoms with E-state index in [0.717, 1.165) is 50.0 Å². The monoisotopic (exact) mass is 636 g/mol. The van der Waals surface area contributed by atoms with E-state index in [9.17, 15) is 0 Å². The van der Waals surface area contributed by atoms with Gasteiger partial charge >= 0.3 is 0 Å². The molecular weight excluding hydrogens is 609 g/mol. The van der Waals surface area contributed by atoms with Crippen molar-refractivity contribution in [3.8, 4) is 11.1 Å². The lowest BCUT2D eigenvalue weighted by atomic mass is 9.87. The fourth-order valence-electron chi connectivity index (χ4n) is 8.19. The molecule has 3 heteroatoms. The summed E-state index contributed by atoms with van der Waals surface area (Å²) in [5.74, 6) is 0. The number of furan rings is 1. The van der Waals surface area contributed by atoms with E-state index in [4.69, 9.17) is 9.40 Å². The van der Waals surface area contributed by atoms with Crippen LogP contribution in [0.3, 0.4) is 0 Å². The third-order valence-electron chi connectivity index (χ3n) is 10.4. The Bertz CT molecular complexity index is 3050.